The van der Waals surface area contributed by atoms with Crippen molar-refractivity contribution in [2.24, 2.45) is 0 Å². The van der Waals surface area contributed by atoms with E-state index in [9.17, 15) is 14.4 Å². The number of anilines is 3. The van der Waals surface area contributed by atoms with Crippen LogP contribution in [0.3, 0.4) is 0 Å². The van der Waals surface area contributed by atoms with Crippen LogP contribution in [0.5, 0.6) is 0 Å². The summed E-state index contributed by atoms with van der Waals surface area (Å²) in [5.41, 5.74) is 7.67. The van der Waals surface area contributed by atoms with E-state index < -0.39 is 17.6 Å². The van der Waals surface area contributed by atoms with Crippen molar-refractivity contribution in [1.29, 1.82) is 0 Å². The van der Waals surface area contributed by atoms with E-state index in [0.29, 0.717) is 29.6 Å². The summed E-state index contributed by atoms with van der Waals surface area (Å²) in [4.78, 5) is 43.1. The molecule has 4 aromatic carbocycles. The van der Waals surface area contributed by atoms with Gasteiger partial charge in [0.15, 0.2) is 0 Å². The number of piperidine rings is 2. The fourth-order valence-electron chi connectivity index (χ4n) is 8.20. The van der Waals surface area contributed by atoms with Crippen LogP contribution in [0.25, 0.3) is 11.1 Å². The molecule has 8 nitrogen and oxygen atoms in total. The molecule has 0 aliphatic carbocycles. The fraction of sp³-hybridized carbons (Fsp3) is 0.357. The lowest BCUT2D eigenvalue weighted by atomic mass is 9.89. The van der Waals surface area contributed by atoms with Crippen molar-refractivity contribution >= 4 is 46.4 Å². The molecule has 3 heterocycles. The van der Waals surface area contributed by atoms with E-state index in [1.807, 2.05) is 35.2 Å². The monoisotopic (exact) mass is 721 g/mol. The molecular weight excluding hydrogens is 677 g/mol. The van der Waals surface area contributed by atoms with Crippen LogP contribution in [0, 0.1) is 5.82 Å². The Hall–Kier alpha value is -4.73. The first kappa shape index (κ1) is 35.7. The second-order valence-electron chi connectivity index (χ2n) is 14.5. The molecule has 3 aliphatic heterocycles. The molecule has 3 atom stereocenters. The number of halogens is 2. The molecule has 3 unspecified atom stereocenters. The SMILES string of the molecule is CC(=O)N1c2ccc(-c3ccc(N4CCC(N(C)Cc5ccc(C6CCC(=O)NC6=O)c(F)c5)CC4)cc3)cc2C(Nc2ccc(Cl)cc2)CC1C. The third-order valence-corrected chi connectivity index (χ3v) is 11.2. The van der Waals surface area contributed by atoms with Gasteiger partial charge in [0, 0.05) is 72.7 Å². The number of nitrogens with zero attached hydrogens (tertiary/aromatic N) is 3. The predicted octanol–water partition coefficient (Wildman–Crippen LogP) is 8.07. The molecule has 10 heteroatoms. The summed E-state index contributed by atoms with van der Waals surface area (Å²) in [6.45, 7) is 6.19. The maximum absolute atomic E-state index is 15.1. The first-order valence-corrected chi connectivity index (χ1v) is 18.6. The molecule has 7 rings (SSSR count). The van der Waals surface area contributed by atoms with E-state index >= 15 is 4.39 Å². The van der Waals surface area contributed by atoms with Crippen LogP contribution in [-0.4, -0.2) is 54.8 Å². The third-order valence-electron chi connectivity index (χ3n) is 11.0. The van der Waals surface area contributed by atoms with Gasteiger partial charge < -0.3 is 15.1 Å². The summed E-state index contributed by atoms with van der Waals surface area (Å²) in [6.07, 6.45) is 3.33. The Balaban J connectivity index is 0.988. The van der Waals surface area contributed by atoms with E-state index in [1.165, 1.54) is 11.8 Å². The summed E-state index contributed by atoms with van der Waals surface area (Å²) in [5.74, 6) is -1.70. The van der Waals surface area contributed by atoms with E-state index in [-0.39, 0.29) is 30.3 Å². The number of benzene rings is 4. The maximum Gasteiger partial charge on any atom is 0.234 e. The van der Waals surface area contributed by atoms with Crippen LogP contribution >= 0.6 is 11.6 Å². The minimum Gasteiger partial charge on any atom is -0.378 e. The maximum atomic E-state index is 15.1. The van der Waals surface area contributed by atoms with Crippen molar-refractivity contribution in [1.82, 2.24) is 10.2 Å². The highest BCUT2D eigenvalue weighted by Gasteiger charge is 2.33. The molecule has 3 aliphatic rings. The Bertz CT molecular complexity index is 1960. The normalized spacial score (nSPS) is 20.8. The van der Waals surface area contributed by atoms with E-state index in [4.69, 9.17) is 11.6 Å². The Morgan fingerprint density at radius 2 is 1.63 bits per heavy atom. The van der Waals surface area contributed by atoms with Crippen LogP contribution in [0.2, 0.25) is 5.02 Å². The number of nitrogens with one attached hydrogen (secondary N) is 2. The van der Waals surface area contributed by atoms with Gasteiger partial charge in [-0.3, -0.25) is 24.6 Å². The van der Waals surface area contributed by atoms with Gasteiger partial charge in [0.05, 0.1) is 12.0 Å². The first-order chi connectivity index (χ1) is 25.0. The molecule has 0 spiro atoms. The number of carbonyl (C=O) groups is 3. The molecule has 0 bridgehead atoms. The van der Waals surface area contributed by atoms with Gasteiger partial charge in [-0.05, 0) is 117 Å². The molecule has 0 saturated carbocycles. The zero-order chi connectivity index (χ0) is 36.5. The number of amides is 3. The molecule has 4 aromatic rings. The summed E-state index contributed by atoms with van der Waals surface area (Å²) in [7, 11) is 2.09. The molecule has 2 fully saturated rings. The van der Waals surface area contributed by atoms with Crippen molar-refractivity contribution in [3.8, 4) is 11.1 Å². The fourth-order valence-corrected chi connectivity index (χ4v) is 8.32. The minimum absolute atomic E-state index is 0.0386. The smallest absolute Gasteiger partial charge is 0.234 e. The van der Waals surface area contributed by atoms with Gasteiger partial charge >= 0.3 is 0 Å². The van der Waals surface area contributed by atoms with Gasteiger partial charge in [0.25, 0.3) is 0 Å². The number of rotatable bonds is 8. The Morgan fingerprint density at radius 3 is 2.31 bits per heavy atom. The zero-order valence-corrected chi connectivity index (χ0v) is 30.6. The quantitative estimate of drug-likeness (QED) is 0.179. The highest BCUT2D eigenvalue weighted by Crippen LogP contribution is 2.41. The van der Waals surface area contributed by atoms with Gasteiger partial charge in [-0.2, -0.15) is 0 Å². The van der Waals surface area contributed by atoms with Crippen molar-refractivity contribution in [2.45, 2.75) is 76.5 Å². The topological polar surface area (TPSA) is 85.0 Å². The molecule has 3 amide bonds. The Morgan fingerprint density at radius 1 is 0.923 bits per heavy atom. The largest absolute Gasteiger partial charge is 0.378 e. The van der Waals surface area contributed by atoms with Crippen LogP contribution in [0.4, 0.5) is 21.5 Å². The van der Waals surface area contributed by atoms with Crippen molar-refractivity contribution in [3.05, 3.63) is 112 Å². The number of hydrogen-bond acceptors (Lipinski definition) is 6. The number of fused-ring (bicyclic) bond motifs is 1. The van der Waals surface area contributed by atoms with Crippen molar-refractivity contribution < 1.29 is 18.8 Å². The minimum atomic E-state index is -0.626. The summed E-state index contributed by atoms with van der Waals surface area (Å²) >= 11 is 6.14. The zero-order valence-electron chi connectivity index (χ0n) is 29.9. The Labute approximate surface area is 309 Å². The number of imide groups is 1. The second-order valence-corrected chi connectivity index (χ2v) is 14.9. The van der Waals surface area contributed by atoms with Crippen LogP contribution in [-0.2, 0) is 20.9 Å². The predicted molar refractivity (Wildman–Crippen MR) is 205 cm³/mol. The van der Waals surface area contributed by atoms with Gasteiger partial charge in [-0.25, -0.2) is 4.39 Å². The molecule has 0 radical (unpaired) electrons. The number of hydrogen-bond donors (Lipinski definition) is 2. The average molecular weight is 722 g/mol. The molecule has 52 heavy (non-hydrogen) atoms. The van der Waals surface area contributed by atoms with Crippen molar-refractivity contribution in [2.75, 3.05) is 35.3 Å². The van der Waals surface area contributed by atoms with Crippen LogP contribution in [0.15, 0.2) is 84.9 Å². The van der Waals surface area contributed by atoms with Crippen LogP contribution in [0.1, 0.15) is 74.6 Å². The highest BCUT2D eigenvalue weighted by molar-refractivity contribution is 6.30. The molecular formula is C42H45ClFN5O3. The summed E-state index contributed by atoms with van der Waals surface area (Å²) < 4.78 is 15.1. The summed E-state index contributed by atoms with van der Waals surface area (Å²) in [5, 5.41) is 6.70. The number of carbonyl (C=O) groups excluding carboxylic acids is 3. The van der Waals surface area contributed by atoms with Crippen LogP contribution < -0.4 is 20.4 Å². The molecule has 0 aromatic heterocycles. The molecule has 270 valence electrons. The lowest BCUT2D eigenvalue weighted by Crippen LogP contribution is -2.43. The van der Waals surface area contributed by atoms with Gasteiger partial charge in [-0.15, -0.1) is 0 Å². The molecule has 2 N–H and O–H groups in total. The second kappa shape index (κ2) is 15.1. The first-order valence-electron chi connectivity index (χ1n) is 18.2. The van der Waals surface area contributed by atoms with E-state index in [0.717, 1.165) is 66.0 Å². The average Bonchev–Trinajstić information content (AvgIpc) is 3.13. The van der Waals surface area contributed by atoms with Gasteiger partial charge in [0.2, 0.25) is 17.7 Å². The lowest BCUT2D eigenvalue weighted by molar-refractivity contribution is -0.134. The lowest BCUT2D eigenvalue weighted by Gasteiger charge is -2.40. The summed E-state index contributed by atoms with van der Waals surface area (Å²) in [6, 6.07) is 28.5. The molecule has 2 saturated heterocycles. The Kier molecular flexibility index (Phi) is 10.3. The van der Waals surface area contributed by atoms with E-state index in [1.54, 1.807) is 13.0 Å². The van der Waals surface area contributed by atoms with Gasteiger partial charge in [0.1, 0.15) is 5.82 Å². The van der Waals surface area contributed by atoms with E-state index in [2.05, 4.69) is 76.9 Å². The van der Waals surface area contributed by atoms with Crippen molar-refractivity contribution in [3.63, 3.8) is 0 Å². The van der Waals surface area contributed by atoms with Gasteiger partial charge in [-0.1, -0.05) is 41.9 Å². The standard InChI is InChI=1S/C42H45ClFN5O3/c1-26-22-39(45-32-10-8-31(43)9-11-32)37-24-30(7-16-40(37)49(26)27(2)50)29-5-12-34(13-6-29)48-20-18-33(19-21-48)47(3)25-28-4-14-35(38(44)23-28)36-15-17-41(51)46-42(36)52/h4-14,16,23-24,26,33,36,39,45H,15,17-22,25H2,1-3H3,(H,46,51,52). The third kappa shape index (κ3) is 7.57. The highest BCUT2D eigenvalue weighted by atomic mass is 35.5.